The second-order valence-corrected chi connectivity index (χ2v) is 6.90. The van der Waals surface area contributed by atoms with Crippen LogP contribution in [0.25, 0.3) is 0 Å². The smallest absolute Gasteiger partial charge is 0.321 e. The van der Waals surface area contributed by atoms with Crippen LogP contribution in [0.1, 0.15) is 25.8 Å². The SMILES string of the molecule is CCCN(CC(=O)OCC)S(=O)(=O)c1ccc(Cl)cc1C. The lowest BCUT2D eigenvalue weighted by Crippen LogP contribution is -2.37. The molecule has 0 radical (unpaired) electrons. The summed E-state index contributed by atoms with van der Waals surface area (Å²) in [6, 6.07) is 4.57. The standard InChI is InChI=1S/C14H20ClNO4S/c1-4-8-16(10-14(17)20-5-2)21(18,19)13-7-6-12(15)9-11(13)3/h6-7,9H,4-5,8,10H2,1-3H3. The second-order valence-electron chi connectivity index (χ2n) is 4.55. The van der Waals surface area contributed by atoms with Crippen LogP contribution in [0.3, 0.4) is 0 Å². The summed E-state index contributed by atoms with van der Waals surface area (Å²) < 4.78 is 31.3. The second kappa shape index (κ2) is 7.77. The number of hydrogen-bond acceptors (Lipinski definition) is 4. The first-order valence-electron chi connectivity index (χ1n) is 6.74. The van der Waals surface area contributed by atoms with Gasteiger partial charge in [-0.3, -0.25) is 4.79 Å². The number of esters is 1. The summed E-state index contributed by atoms with van der Waals surface area (Å²) in [6.07, 6.45) is 0.602. The number of rotatable bonds is 7. The quantitative estimate of drug-likeness (QED) is 0.719. The zero-order valence-corrected chi connectivity index (χ0v) is 14.0. The average Bonchev–Trinajstić information content (AvgIpc) is 2.38. The van der Waals surface area contributed by atoms with Crippen molar-refractivity contribution in [1.82, 2.24) is 4.31 Å². The molecule has 0 fully saturated rings. The summed E-state index contributed by atoms with van der Waals surface area (Å²) in [4.78, 5) is 11.8. The maximum atomic E-state index is 12.7. The number of ether oxygens (including phenoxy) is 1. The number of hydrogen-bond donors (Lipinski definition) is 0. The van der Waals surface area contributed by atoms with Crippen molar-refractivity contribution in [2.24, 2.45) is 0 Å². The number of nitrogens with zero attached hydrogens (tertiary/aromatic N) is 1. The zero-order valence-electron chi connectivity index (χ0n) is 12.4. The Morgan fingerprint density at radius 2 is 2.00 bits per heavy atom. The summed E-state index contributed by atoms with van der Waals surface area (Å²) in [5.41, 5.74) is 0.549. The minimum Gasteiger partial charge on any atom is -0.465 e. The number of carbonyl (C=O) groups is 1. The summed E-state index contributed by atoms with van der Waals surface area (Å²) in [5, 5.41) is 0.471. The molecule has 1 aromatic rings. The number of halogens is 1. The highest BCUT2D eigenvalue weighted by atomic mass is 35.5. The van der Waals surface area contributed by atoms with E-state index in [0.29, 0.717) is 17.0 Å². The van der Waals surface area contributed by atoms with E-state index in [1.165, 1.54) is 12.1 Å². The molecule has 0 amide bonds. The van der Waals surface area contributed by atoms with Gasteiger partial charge in [0.05, 0.1) is 11.5 Å². The molecule has 1 aromatic carbocycles. The van der Waals surface area contributed by atoms with Gasteiger partial charge in [0.15, 0.2) is 0 Å². The van der Waals surface area contributed by atoms with Crippen LogP contribution in [0, 0.1) is 6.92 Å². The Labute approximate surface area is 130 Å². The molecule has 21 heavy (non-hydrogen) atoms. The lowest BCUT2D eigenvalue weighted by molar-refractivity contribution is -0.143. The van der Waals surface area contributed by atoms with E-state index >= 15 is 0 Å². The van der Waals surface area contributed by atoms with Crippen LogP contribution in [-0.2, 0) is 19.6 Å². The number of aryl methyl sites for hydroxylation is 1. The molecule has 0 heterocycles. The van der Waals surface area contributed by atoms with Gasteiger partial charge in [-0.15, -0.1) is 0 Å². The maximum Gasteiger partial charge on any atom is 0.321 e. The lowest BCUT2D eigenvalue weighted by Gasteiger charge is -2.21. The zero-order chi connectivity index (χ0) is 16.0. The van der Waals surface area contributed by atoms with Gasteiger partial charge in [-0.25, -0.2) is 8.42 Å². The highest BCUT2D eigenvalue weighted by Crippen LogP contribution is 2.23. The van der Waals surface area contributed by atoms with Crippen molar-refractivity contribution in [3.8, 4) is 0 Å². The molecule has 0 atom stereocenters. The molecule has 0 spiro atoms. The first kappa shape index (κ1) is 17.9. The van der Waals surface area contributed by atoms with E-state index in [1.54, 1.807) is 19.9 Å². The number of benzene rings is 1. The maximum absolute atomic E-state index is 12.7. The van der Waals surface area contributed by atoms with Crippen molar-refractivity contribution in [2.45, 2.75) is 32.1 Å². The average molecular weight is 334 g/mol. The van der Waals surface area contributed by atoms with Crippen molar-refractivity contribution in [3.05, 3.63) is 28.8 Å². The third kappa shape index (κ3) is 4.69. The van der Waals surface area contributed by atoms with E-state index in [0.717, 1.165) is 4.31 Å². The Hall–Kier alpha value is -1.11. The van der Waals surface area contributed by atoms with Gasteiger partial charge in [0, 0.05) is 11.6 Å². The van der Waals surface area contributed by atoms with Crippen molar-refractivity contribution in [3.63, 3.8) is 0 Å². The molecule has 0 saturated heterocycles. The van der Waals surface area contributed by atoms with Gasteiger partial charge >= 0.3 is 5.97 Å². The monoisotopic (exact) mass is 333 g/mol. The number of carbonyl (C=O) groups excluding carboxylic acids is 1. The third-order valence-electron chi connectivity index (χ3n) is 2.84. The summed E-state index contributed by atoms with van der Waals surface area (Å²) >= 11 is 5.85. The van der Waals surface area contributed by atoms with E-state index in [1.807, 2.05) is 6.92 Å². The molecule has 0 aromatic heterocycles. The first-order valence-corrected chi connectivity index (χ1v) is 8.56. The van der Waals surface area contributed by atoms with Crippen LogP contribution in [0.2, 0.25) is 5.02 Å². The van der Waals surface area contributed by atoms with E-state index in [2.05, 4.69) is 0 Å². The highest BCUT2D eigenvalue weighted by Gasteiger charge is 2.27. The van der Waals surface area contributed by atoms with Crippen LogP contribution >= 0.6 is 11.6 Å². The molecule has 0 aliphatic carbocycles. The largest absolute Gasteiger partial charge is 0.465 e. The van der Waals surface area contributed by atoms with Crippen molar-refractivity contribution in [2.75, 3.05) is 19.7 Å². The predicted molar refractivity (Wildman–Crippen MR) is 81.9 cm³/mol. The predicted octanol–water partition coefficient (Wildman–Crippen LogP) is 2.61. The van der Waals surface area contributed by atoms with Gasteiger partial charge < -0.3 is 4.74 Å². The Bertz CT molecular complexity index is 601. The third-order valence-corrected chi connectivity index (χ3v) is 5.08. The Morgan fingerprint density at radius 3 is 2.52 bits per heavy atom. The van der Waals surface area contributed by atoms with Crippen molar-refractivity contribution < 1.29 is 17.9 Å². The molecule has 7 heteroatoms. The molecular formula is C14H20ClNO4S. The van der Waals surface area contributed by atoms with E-state index < -0.39 is 16.0 Å². The van der Waals surface area contributed by atoms with Crippen LogP contribution in [0.4, 0.5) is 0 Å². The normalized spacial score (nSPS) is 11.7. The van der Waals surface area contributed by atoms with Crippen molar-refractivity contribution in [1.29, 1.82) is 0 Å². The summed E-state index contributed by atoms with van der Waals surface area (Å²) in [5.74, 6) is -0.554. The highest BCUT2D eigenvalue weighted by molar-refractivity contribution is 7.89. The van der Waals surface area contributed by atoms with Gasteiger partial charge in [0.1, 0.15) is 6.54 Å². The van der Waals surface area contributed by atoms with Crippen LogP contribution in [0.15, 0.2) is 23.1 Å². The molecule has 0 aliphatic rings. The van der Waals surface area contributed by atoms with Gasteiger partial charge in [0.25, 0.3) is 0 Å². The first-order chi connectivity index (χ1) is 9.82. The van der Waals surface area contributed by atoms with Gasteiger partial charge in [-0.05, 0) is 44.0 Å². The molecular weight excluding hydrogens is 314 g/mol. The van der Waals surface area contributed by atoms with Gasteiger partial charge in [0.2, 0.25) is 10.0 Å². The fourth-order valence-corrected chi connectivity index (χ4v) is 3.83. The topological polar surface area (TPSA) is 63.7 Å². The molecule has 0 aliphatic heterocycles. The number of sulfonamides is 1. The molecule has 118 valence electrons. The van der Waals surface area contributed by atoms with E-state index in [-0.39, 0.29) is 24.6 Å². The molecule has 0 saturated carbocycles. The Balaban J connectivity index is 3.12. The van der Waals surface area contributed by atoms with E-state index in [4.69, 9.17) is 16.3 Å². The molecule has 1 rings (SSSR count). The summed E-state index contributed by atoms with van der Waals surface area (Å²) in [6.45, 7) is 5.39. The molecule has 0 bridgehead atoms. The van der Waals surface area contributed by atoms with Crippen LogP contribution in [0.5, 0.6) is 0 Å². The summed E-state index contributed by atoms with van der Waals surface area (Å²) in [7, 11) is -3.75. The molecule has 0 unspecified atom stereocenters. The minimum absolute atomic E-state index is 0.157. The lowest BCUT2D eigenvalue weighted by atomic mass is 10.2. The van der Waals surface area contributed by atoms with Crippen molar-refractivity contribution >= 4 is 27.6 Å². The fraction of sp³-hybridized carbons (Fsp3) is 0.500. The Kier molecular flexibility index (Phi) is 6.64. The fourth-order valence-electron chi connectivity index (χ4n) is 1.93. The van der Waals surface area contributed by atoms with Crippen LogP contribution < -0.4 is 0 Å². The molecule has 0 N–H and O–H groups in total. The Morgan fingerprint density at radius 1 is 1.33 bits per heavy atom. The van der Waals surface area contributed by atoms with Gasteiger partial charge in [-0.2, -0.15) is 4.31 Å². The van der Waals surface area contributed by atoms with E-state index in [9.17, 15) is 13.2 Å². The van der Waals surface area contributed by atoms with Crippen LogP contribution in [-0.4, -0.2) is 38.4 Å². The minimum atomic E-state index is -3.75. The molecule has 5 nitrogen and oxygen atoms in total. The van der Waals surface area contributed by atoms with Gasteiger partial charge in [-0.1, -0.05) is 18.5 Å².